The van der Waals surface area contributed by atoms with E-state index in [-0.39, 0.29) is 70.7 Å². The minimum atomic E-state index is -0.693. The number of fused-ring (bicyclic) bond motifs is 4. The van der Waals surface area contributed by atoms with Gasteiger partial charge in [-0.3, -0.25) is 4.79 Å². The van der Waals surface area contributed by atoms with Gasteiger partial charge < -0.3 is 19.5 Å². The Hall–Kier alpha value is -4.92. The van der Waals surface area contributed by atoms with E-state index in [4.69, 9.17) is 32.9 Å². The van der Waals surface area contributed by atoms with Crippen molar-refractivity contribution in [2.45, 2.75) is 63.4 Å². The highest BCUT2D eigenvalue weighted by molar-refractivity contribution is 6.43. The lowest BCUT2D eigenvalue weighted by molar-refractivity contribution is 0.0410. The number of hydrogen-bond acceptors (Lipinski definition) is 5. The van der Waals surface area contributed by atoms with Crippen molar-refractivity contribution in [1.29, 1.82) is 5.26 Å². The summed E-state index contributed by atoms with van der Waals surface area (Å²) >= 11 is 13.1. The summed E-state index contributed by atoms with van der Waals surface area (Å²) in [5.74, 6) is -1.83. The highest BCUT2D eigenvalue weighted by atomic mass is 35.5. The lowest BCUT2D eigenvalue weighted by Crippen LogP contribution is -2.41. The Labute approximate surface area is 331 Å². The van der Waals surface area contributed by atoms with Crippen LogP contribution >= 0.6 is 23.2 Å². The van der Waals surface area contributed by atoms with Gasteiger partial charge in [-0.1, -0.05) is 59.6 Å². The summed E-state index contributed by atoms with van der Waals surface area (Å²) in [5, 5.41) is 15.2. The zero-order chi connectivity index (χ0) is 38.8. The summed E-state index contributed by atoms with van der Waals surface area (Å²) in [4.78, 5) is 21.1. The average molecular weight is 795 g/mol. The van der Waals surface area contributed by atoms with Crippen LogP contribution in [0.25, 0.3) is 32.9 Å². The topological polar surface area (TPSA) is 83.2 Å². The van der Waals surface area contributed by atoms with E-state index in [1.807, 2.05) is 31.2 Å². The van der Waals surface area contributed by atoms with Crippen LogP contribution < -0.4 is 5.32 Å². The second-order valence-electron chi connectivity index (χ2n) is 15.0. The number of nitrogens with zero attached hydrogens (tertiary/aromatic N) is 4. The van der Waals surface area contributed by atoms with Crippen molar-refractivity contribution in [1.82, 2.24) is 19.8 Å². The highest BCUT2D eigenvalue weighted by Gasteiger charge is 2.50. The van der Waals surface area contributed by atoms with E-state index in [1.165, 1.54) is 18.2 Å². The van der Waals surface area contributed by atoms with Crippen LogP contribution in [-0.2, 0) is 17.8 Å². The summed E-state index contributed by atoms with van der Waals surface area (Å²) in [6, 6.07) is 23.7. The molecule has 284 valence electrons. The highest BCUT2D eigenvalue weighted by Crippen LogP contribution is 2.51. The van der Waals surface area contributed by atoms with Crippen LogP contribution in [0.5, 0.6) is 0 Å². The number of ether oxygens (including phenoxy) is 1. The molecule has 1 amide bonds. The van der Waals surface area contributed by atoms with Crippen molar-refractivity contribution in [3.8, 4) is 17.2 Å². The predicted octanol–water partition coefficient (Wildman–Crippen LogP) is 10.1. The first-order valence-electron chi connectivity index (χ1n) is 18.8. The van der Waals surface area contributed by atoms with Crippen molar-refractivity contribution in [2.75, 3.05) is 13.1 Å². The number of nitriles is 1. The van der Waals surface area contributed by atoms with Crippen molar-refractivity contribution in [3.05, 3.63) is 134 Å². The number of benzene rings is 4. The Morgan fingerprint density at radius 2 is 1.77 bits per heavy atom. The zero-order valence-electron chi connectivity index (χ0n) is 30.3. The van der Waals surface area contributed by atoms with E-state index in [0.717, 1.165) is 29.6 Å². The third-order valence-corrected chi connectivity index (χ3v) is 12.7. The van der Waals surface area contributed by atoms with E-state index < -0.39 is 29.6 Å². The molecule has 4 aliphatic rings. The van der Waals surface area contributed by atoms with Crippen LogP contribution in [0, 0.1) is 41.6 Å². The fourth-order valence-corrected chi connectivity index (χ4v) is 9.53. The van der Waals surface area contributed by atoms with E-state index in [1.54, 1.807) is 35.2 Å². The molecule has 5 heterocycles. The summed E-state index contributed by atoms with van der Waals surface area (Å²) in [6.07, 6.45) is 1.24. The molecule has 0 unspecified atom stereocenters. The maximum absolute atomic E-state index is 17.3. The van der Waals surface area contributed by atoms with Gasteiger partial charge in [-0.15, -0.1) is 0 Å². The number of pyridine rings is 1. The van der Waals surface area contributed by atoms with Crippen molar-refractivity contribution in [2.24, 2.45) is 5.92 Å². The quantitative estimate of drug-likeness (QED) is 0.158. The van der Waals surface area contributed by atoms with E-state index >= 15 is 4.39 Å². The van der Waals surface area contributed by atoms with E-state index in [9.17, 15) is 18.8 Å². The molecule has 7 nitrogen and oxygen atoms in total. The number of nitrogens with one attached hydrogen (secondary N) is 1. The van der Waals surface area contributed by atoms with Crippen LogP contribution in [0.2, 0.25) is 10.0 Å². The van der Waals surface area contributed by atoms with Crippen LogP contribution in [0.15, 0.2) is 78.9 Å². The molecule has 4 aromatic carbocycles. The van der Waals surface area contributed by atoms with Gasteiger partial charge in [0, 0.05) is 76.4 Å². The lowest BCUT2D eigenvalue weighted by Gasteiger charge is -2.39. The maximum Gasteiger partial charge on any atom is 0.254 e. The first-order valence-corrected chi connectivity index (χ1v) is 19.5. The number of aromatic nitrogens is 2. The van der Waals surface area contributed by atoms with Gasteiger partial charge in [-0.25, -0.2) is 18.2 Å². The Kier molecular flexibility index (Phi) is 9.53. The minimum absolute atomic E-state index is 0.0151. The minimum Gasteiger partial charge on any atom is -0.371 e. The molecule has 0 spiro atoms. The third-order valence-electron chi connectivity index (χ3n) is 11.8. The summed E-state index contributed by atoms with van der Waals surface area (Å²) in [6.45, 7) is 2.59. The molecule has 3 saturated heterocycles. The first-order chi connectivity index (χ1) is 27.1. The van der Waals surface area contributed by atoms with Gasteiger partial charge >= 0.3 is 0 Å². The molecule has 2 bridgehead atoms. The third kappa shape index (κ3) is 6.04. The second-order valence-corrected chi connectivity index (χ2v) is 15.8. The molecule has 1 aliphatic carbocycles. The number of amides is 1. The number of likely N-dealkylation sites (tertiary alicyclic amines) is 1. The van der Waals surface area contributed by atoms with Gasteiger partial charge in [0.2, 0.25) is 0 Å². The Bertz CT molecular complexity index is 2560. The van der Waals surface area contributed by atoms with Gasteiger partial charge in [-0.2, -0.15) is 5.26 Å². The zero-order valence-corrected chi connectivity index (χ0v) is 31.8. The molecule has 1 N–H and O–H groups in total. The van der Waals surface area contributed by atoms with Crippen LogP contribution in [0.1, 0.15) is 64.2 Å². The monoisotopic (exact) mass is 793 g/mol. The molecule has 5 atom stereocenters. The molecule has 12 heteroatoms. The largest absolute Gasteiger partial charge is 0.371 e. The molecule has 0 radical (unpaired) electrons. The number of rotatable bonds is 9. The number of halogens is 5. The molecule has 1 saturated carbocycles. The maximum atomic E-state index is 17.3. The van der Waals surface area contributed by atoms with E-state index in [0.29, 0.717) is 40.1 Å². The molecule has 56 heavy (non-hydrogen) atoms. The molecular formula is C44H36Cl2F3N5O2. The Morgan fingerprint density at radius 3 is 2.48 bits per heavy atom. The van der Waals surface area contributed by atoms with E-state index in [2.05, 4.69) is 22.0 Å². The van der Waals surface area contributed by atoms with Gasteiger partial charge in [0.1, 0.15) is 17.2 Å². The molecule has 2 aromatic heterocycles. The van der Waals surface area contributed by atoms with Crippen molar-refractivity contribution >= 4 is 50.9 Å². The standard InChI is InChI=1S/C44H36Cl2F3N5O2/c1-23-29-19-37(36-18-27(56-22-31-33(47)13-6-14-34(31)48)21-53(36)44(55)24-8-3-2-4-9-24)54(42-26-17-35(42)51-20-26)43(29)30-16-25(10-7-15-50)38(40(49)41(30)52-23)28-11-5-12-32(45)39(28)46/h2-6,8-9,11-14,16,19,26-27,35-36,42,51H,7,10,17-18,20-22H2,1H3/t26-,27+,35-,36-,42+/m1/s1. The molecule has 3 aliphatic heterocycles. The van der Waals surface area contributed by atoms with Gasteiger partial charge in [0.25, 0.3) is 5.91 Å². The summed E-state index contributed by atoms with van der Waals surface area (Å²) in [5.41, 5.74) is 4.07. The van der Waals surface area contributed by atoms with Crippen LogP contribution in [0.4, 0.5) is 13.2 Å². The summed E-state index contributed by atoms with van der Waals surface area (Å²) < 4.78 is 55.1. The summed E-state index contributed by atoms with van der Waals surface area (Å²) in [7, 11) is 0. The number of aryl methyl sites for hydroxylation is 2. The Balaban J connectivity index is 1.24. The average Bonchev–Trinajstić information content (AvgIpc) is 4.01. The Morgan fingerprint density at radius 1 is 1.00 bits per heavy atom. The fraction of sp³-hybridized carbons (Fsp3) is 0.295. The molecular weight excluding hydrogens is 758 g/mol. The molecule has 10 rings (SSSR count). The molecule has 4 fully saturated rings. The molecule has 6 aromatic rings. The predicted molar refractivity (Wildman–Crippen MR) is 210 cm³/mol. The first kappa shape index (κ1) is 36.7. The smallest absolute Gasteiger partial charge is 0.254 e. The van der Waals surface area contributed by atoms with Crippen molar-refractivity contribution < 1.29 is 22.7 Å². The fourth-order valence-electron chi connectivity index (χ4n) is 9.14. The van der Waals surface area contributed by atoms with Crippen molar-refractivity contribution in [3.63, 3.8) is 0 Å². The number of hydrogen-bond donors (Lipinski definition) is 1. The van der Waals surface area contributed by atoms with Crippen LogP contribution in [0.3, 0.4) is 0 Å². The SMILES string of the molecule is Cc1nc2c(F)c(-c3cccc(Cl)c3Cl)c(CCC#N)cc2c2c1cc([C@H]1C[C@H](OCc3c(F)cccc3F)CN1C(=O)c1ccccc1)n2[C@H]1[C@H]2CN[C@@H]1C2. The number of carbonyl (C=O) groups excluding carboxylic acids is 1. The van der Waals surface area contributed by atoms with Crippen LogP contribution in [-0.4, -0.2) is 45.6 Å². The second kappa shape index (κ2) is 14.5. The van der Waals surface area contributed by atoms with Gasteiger partial charge in [-0.05, 0) is 73.7 Å². The number of carbonyl (C=O) groups is 1. The normalized spacial score (nSPS) is 21.5. The van der Waals surface area contributed by atoms with Gasteiger partial charge in [0.05, 0.1) is 46.4 Å². The lowest BCUT2D eigenvalue weighted by atomic mass is 9.79. The van der Waals surface area contributed by atoms with Gasteiger partial charge in [0.15, 0.2) is 5.82 Å².